The fraction of sp³-hybridized carbons (Fsp3) is 0.308. The van der Waals surface area contributed by atoms with Gasteiger partial charge in [0.15, 0.2) is 0 Å². The highest BCUT2D eigenvalue weighted by molar-refractivity contribution is 5.73. The molecule has 2 rings (SSSR count). The van der Waals surface area contributed by atoms with E-state index in [2.05, 4.69) is 15.5 Å². The van der Waals surface area contributed by atoms with Crippen LogP contribution in [-0.2, 0) is 6.54 Å². The van der Waals surface area contributed by atoms with Crippen LogP contribution in [0.4, 0.5) is 4.79 Å². The number of amides is 2. The molecule has 0 radical (unpaired) electrons. The zero-order valence-electron chi connectivity index (χ0n) is 11.2. The maximum Gasteiger partial charge on any atom is 0.317 e. The Bertz CT molecular complexity index is 580. The summed E-state index contributed by atoms with van der Waals surface area (Å²) in [6, 6.07) is 7.65. The van der Waals surface area contributed by atoms with Crippen LogP contribution in [0.3, 0.4) is 0 Å². The SMILES string of the molecule is CNC(=O)N(C)Cc1nc(-c2cccc(C)c2)no1. The Hall–Kier alpha value is -2.37. The summed E-state index contributed by atoms with van der Waals surface area (Å²) in [5.41, 5.74) is 2.03. The van der Waals surface area contributed by atoms with Gasteiger partial charge in [0.05, 0.1) is 0 Å². The van der Waals surface area contributed by atoms with Gasteiger partial charge in [-0.3, -0.25) is 0 Å². The lowest BCUT2D eigenvalue weighted by Crippen LogP contribution is -2.34. The van der Waals surface area contributed by atoms with Gasteiger partial charge in [-0.15, -0.1) is 0 Å². The molecule has 6 heteroatoms. The molecule has 0 unspecified atom stereocenters. The second-order valence-corrected chi connectivity index (χ2v) is 4.29. The molecule has 0 aliphatic rings. The predicted molar refractivity (Wildman–Crippen MR) is 70.4 cm³/mol. The number of nitrogens with zero attached hydrogens (tertiary/aromatic N) is 3. The van der Waals surface area contributed by atoms with Crippen molar-refractivity contribution < 1.29 is 9.32 Å². The van der Waals surface area contributed by atoms with Crippen molar-refractivity contribution in [1.82, 2.24) is 20.4 Å². The molecule has 0 saturated carbocycles. The molecule has 0 bridgehead atoms. The minimum absolute atomic E-state index is 0.199. The summed E-state index contributed by atoms with van der Waals surface area (Å²) in [5.74, 6) is 0.937. The van der Waals surface area contributed by atoms with Crippen molar-refractivity contribution in [2.24, 2.45) is 0 Å². The van der Waals surface area contributed by atoms with E-state index in [4.69, 9.17) is 4.52 Å². The average molecular weight is 260 g/mol. The number of carbonyl (C=O) groups excluding carboxylic acids is 1. The van der Waals surface area contributed by atoms with E-state index in [1.807, 2.05) is 31.2 Å². The number of urea groups is 1. The van der Waals surface area contributed by atoms with Crippen LogP contribution >= 0.6 is 0 Å². The summed E-state index contributed by atoms with van der Waals surface area (Å²) in [5, 5.41) is 6.45. The monoisotopic (exact) mass is 260 g/mol. The van der Waals surface area contributed by atoms with E-state index >= 15 is 0 Å². The molecular formula is C13H16N4O2. The topological polar surface area (TPSA) is 71.3 Å². The van der Waals surface area contributed by atoms with Crippen molar-refractivity contribution in [2.75, 3.05) is 14.1 Å². The minimum Gasteiger partial charge on any atom is -0.341 e. The Kier molecular flexibility index (Phi) is 3.79. The Balaban J connectivity index is 2.13. The maximum atomic E-state index is 11.4. The number of hydrogen-bond donors (Lipinski definition) is 1. The first-order chi connectivity index (χ1) is 9.10. The van der Waals surface area contributed by atoms with E-state index in [9.17, 15) is 4.79 Å². The van der Waals surface area contributed by atoms with E-state index in [1.54, 1.807) is 14.1 Å². The van der Waals surface area contributed by atoms with Crippen LogP contribution in [0.25, 0.3) is 11.4 Å². The van der Waals surface area contributed by atoms with Crippen molar-refractivity contribution in [3.05, 3.63) is 35.7 Å². The quantitative estimate of drug-likeness (QED) is 0.913. The highest BCUT2D eigenvalue weighted by Gasteiger charge is 2.13. The lowest BCUT2D eigenvalue weighted by Gasteiger charge is -2.12. The highest BCUT2D eigenvalue weighted by Crippen LogP contribution is 2.17. The third-order valence-electron chi connectivity index (χ3n) is 2.68. The van der Waals surface area contributed by atoms with E-state index in [0.717, 1.165) is 11.1 Å². The van der Waals surface area contributed by atoms with Crippen molar-refractivity contribution in [3.63, 3.8) is 0 Å². The normalized spacial score (nSPS) is 10.3. The van der Waals surface area contributed by atoms with E-state index in [-0.39, 0.29) is 12.6 Å². The molecule has 0 fully saturated rings. The Morgan fingerprint density at radius 1 is 1.47 bits per heavy atom. The second kappa shape index (κ2) is 5.51. The van der Waals surface area contributed by atoms with Gasteiger partial charge in [0.2, 0.25) is 11.7 Å². The van der Waals surface area contributed by atoms with Crippen molar-refractivity contribution in [3.8, 4) is 11.4 Å². The average Bonchev–Trinajstić information content (AvgIpc) is 2.86. The summed E-state index contributed by atoms with van der Waals surface area (Å²) in [7, 11) is 3.24. The number of rotatable bonds is 3. The lowest BCUT2D eigenvalue weighted by atomic mass is 10.1. The fourth-order valence-electron chi connectivity index (χ4n) is 1.69. The number of aromatic nitrogens is 2. The van der Waals surface area contributed by atoms with Crippen LogP contribution in [0.1, 0.15) is 11.5 Å². The first kappa shape index (κ1) is 13.1. The molecule has 1 aromatic heterocycles. The number of nitrogens with one attached hydrogen (secondary N) is 1. The van der Waals surface area contributed by atoms with Gasteiger partial charge in [-0.1, -0.05) is 28.9 Å². The molecule has 1 N–H and O–H groups in total. The molecule has 1 aromatic carbocycles. The summed E-state index contributed by atoms with van der Waals surface area (Å²) in [6.45, 7) is 2.28. The first-order valence-corrected chi connectivity index (χ1v) is 5.92. The van der Waals surface area contributed by atoms with Gasteiger partial charge in [0, 0.05) is 19.7 Å². The lowest BCUT2D eigenvalue weighted by molar-refractivity contribution is 0.202. The van der Waals surface area contributed by atoms with Crippen molar-refractivity contribution in [2.45, 2.75) is 13.5 Å². The Morgan fingerprint density at radius 2 is 2.26 bits per heavy atom. The smallest absolute Gasteiger partial charge is 0.317 e. The number of carbonyl (C=O) groups is 1. The van der Waals surface area contributed by atoms with Crippen molar-refractivity contribution >= 4 is 6.03 Å². The Morgan fingerprint density at radius 3 is 2.95 bits per heavy atom. The maximum absolute atomic E-state index is 11.4. The third-order valence-corrected chi connectivity index (χ3v) is 2.68. The molecule has 0 aliphatic heterocycles. The molecule has 6 nitrogen and oxygen atoms in total. The van der Waals surface area contributed by atoms with Gasteiger partial charge in [0.1, 0.15) is 6.54 Å². The standard InChI is InChI=1S/C13H16N4O2/c1-9-5-4-6-10(7-9)12-15-11(19-16-12)8-17(3)13(18)14-2/h4-7H,8H2,1-3H3,(H,14,18). The first-order valence-electron chi connectivity index (χ1n) is 5.92. The van der Waals surface area contributed by atoms with Gasteiger partial charge >= 0.3 is 6.03 Å². The summed E-state index contributed by atoms with van der Waals surface area (Å²) in [6.07, 6.45) is 0. The summed E-state index contributed by atoms with van der Waals surface area (Å²) in [4.78, 5) is 17.1. The van der Waals surface area contributed by atoms with Gasteiger partial charge in [-0.25, -0.2) is 4.79 Å². The highest BCUT2D eigenvalue weighted by atomic mass is 16.5. The fourth-order valence-corrected chi connectivity index (χ4v) is 1.69. The van der Waals surface area contributed by atoms with E-state index in [0.29, 0.717) is 11.7 Å². The number of benzene rings is 1. The van der Waals surface area contributed by atoms with Crippen LogP contribution in [-0.4, -0.2) is 35.2 Å². The Labute approximate surface area is 111 Å². The van der Waals surface area contributed by atoms with Crippen LogP contribution in [0, 0.1) is 6.92 Å². The van der Waals surface area contributed by atoms with Gasteiger partial charge in [-0.05, 0) is 13.0 Å². The molecule has 0 aliphatic carbocycles. The molecule has 1 heterocycles. The third kappa shape index (κ3) is 3.09. The number of aryl methyl sites for hydroxylation is 1. The molecule has 19 heavy (non-hydrogen) atoms. The molecule has 0 atom stereocenters. The largest absolute Gasteiger partial charge is 0.341 e. The zero-order chi connectivity index (χ0) is 13.8. The van der Waals surface area contributed by atoms with Gasteiger partial charge in [0.25, 0.3) is 0 Å². The van der Waals surface area contributed by atoms with Crippen LogP contribution < -0.4 is 5.32 Å². The van der Waals surface area contributed by atoms with Crippen LogP contribution in [0.5, 0.6) is 0 Å². The van der Waals surface area contributed by atoms with Gasteiger partial charge < -0.3 is 14.7 Å². The molecule has 0 saturated heterocycles. The van der Waals surface area contributed by atoms with Crippen LogP contribution in [0.2, 0.25) is 0 Å². The number of hydrogen-bond acceptors (Lipinski definition) is 4. The molecule has 0 spiro atoms. The molecular weight excluding hydrogens is 244 g/mol. The minimum atomic E-state index is -0.199. The second-order valence-electron chi connectivity index (χ2n) is 4.29. The molecule has 2 aromatic rings. The summed E-state index contributed by atoms with van der Waals surface area (Å²) < 4.78 is 5.14. The molecule has 2 amide bonds. The zero-order valence-corrected chi connectivity index (χ0v) is 11.2. The van der Waals surface area contributed by atoms with Crippen molar-refractivity contribution in [1.29, 1.82) is 0 Å². The molecule has 100 valence electrons. The summed E-state index contributed by atoms with van der Waals surface area (Å²) >= 11 is 0. The van der Waals surface area contributed by atoms with Crippen LogP contribution in [0.15, 0.2) is 28.8 Å². The van der Waals surface area contributed by atoms with E-state index < -0.39 is 0 Å². The predicted octanol–water partition coefficient (Wildman–Crippen LogP) is 1.82. The van der Waals surface area contributed by atoms with Gasteiger partial charge in [-0.2, -0.15) is 4.98 Å². The van der Waals surface area contributed by atoms with E-state index in [1.165, 1.54) is 4.90 Å².